The Morgan fingerprint density at radius 1 is 1.03 bits per heavy atom. The van der Waals surface area contributed by atoms with Crippen molar-refractivity contribution >= 4 is 27.5 Å². The van der Waals surface area contributed by atoms with Crippen LogP contribution < -0.4 is 18.9 Å². The van der Waals surface area contributed by atoms with E-state index in [1.165, 1.54) is 11.3 Å². The topological polar surface area (TPSA) is 70.1 Å². The number of amides is 1. The van der Waals surface area contributed by atoms with E-state index in [9.17, 15) is 4.79 Å². The summed E-state index contributed by atoms with van der Waals surface area (Å²) in [6, 6.07) is 11.4. The van der Waals surface area contributed by atoms with Crippen molar-refractivity contribution < 1.29 is 23.7 Å². The molecule has 4 rings (SSSR count). The quantitative estimate of drug-likeness (QED) is 0.552. The molecular weight excluding hydrogens is 416 g/mol. The number of thiazole rings is 1. The number of ether oxygens (including phenoxy) is 4. The third-order valence-corrected chi connectivity index (χ3v) is 6.37. The van der Waals surface area contributed by atoms with Gasteiger partial charge < -0.3 is 23.8 Å². The van der Waals surface area contributed by atoms with Gasteiger partial charge >= 0.3 is 0 Å². The van der Waals surface area contributed by atoms with Gasteiger partial charge in [-0.05, 0) is 29.8 Å². The number of benzene rings is 2. The van der Waals surface area contributed by atoms with Crippen molar-refractivity contribution in [1.82, 2.24) is 9.88 Å². The van der Waals surface area contributed by atoms with Crippen LogP contribution in [0.15, 0.2) is 36.4 Å². The predicted octanol–water partition coefficient (Wildman–Crippen LogP) is 3.93. The predicted molar refractivity (Wildman–Crippen MR) is 120 cm³/mol. The van der Waals surface area contributed by atoms with E-state index in [0.29, 0.717) is 36.2 Å². The third-order valence-electron chi connectivity index (χ3n) is 5.44. The van der Waals surface area contributed by atoms with Crippen LogP contribution in [0.5, 0.6) is 22.4 Å². The van der Waals surface area contributed by atoms with Gasteiger partial charge in [0.05, 0.1) is 38.0 Å². The minimum absolute atomic E-state index is 0.0626. The number of piperidine rings is 1. The summed E-state index contributed by atoms with van der Waals surface area (Å²) in [5.74, 6) is 2.18. The molecule has 1 amide bonds. The molecule has 1 saturated heterocycles. The molecule has 7 nitrogen and oxygen atoms in total. The van der Waals surface area contributed by atoms with E-state index in [2.05, 4.69) is 4.98 Å². The summed E-state index contributed by atoms with van der Waals surface area (Å²) in [5, 5.41) is 0.665. The molecule has 31 heavy (non-hydrogen) atoms. The Bertz CT molecular complexity index is 1060. The number of aromatic nitrogens is 1. The van der Waals surface area contributed by atoms with Crippen LogP contribution >= 0.6 is 11.3 Å². The van der Waals surface area contributed by atoms with Crippen LogP contribution in [-0.2, 0) is 11.2 Å². The molecule has 3 aromatic rings. The highest BCUT2D eigenvalue weighted by atomic mass is 32.1. The van der Waals surface area contributed by atoms with Crippen LogP contribution in [0.25, 0.3) is 10.2 Å². The second-order valence-electron chi connectivity index (χ2n) is 7.38. The van der Waals surface area contributed by atoms with Gasteiger partial charge in [-0.15, -0.1) is 0 Å². The molecule has 1 aliphatic heterocycles. The lowest BCUT2D eigenvalue weighted by Crippen LogP contribution is -2.42. The third kappa shape index (κ3) is 4.85. The van der Waals surface area contributed by atoms with Gasteiger partial charge in [-0.2, -0.15) is 0 Å². The number of rotatable bonds is 7. The molecule has 1 aromatic heterocycles. The number of carbonyl (C=O) groups is 1. The molecule has 0 atom stereocenters. The Kier molecular flexibility index (Phi) is 6.46. The van der Waals surface area contributed by atoms with Crippen LogP contribution in [0.4, 0.5) is 0 Å². The Hall–Kier alpha value is -3.00. The lowest BCUT2D eigenvalue weighted by molar-refractivity contribution is -0.132. The number of likely N-dealkylation sites (tertiary alicyclic amines) is 1. The zero-order chi connectivity index (χ0) is 21.8. The fourth-order valence-corrected chi connectivity index (χ4v) is 4.57. The zero-order valence-electron chi connectivity index (χ0n) is 17.9. The summed E-state index contributed by atoms with van der Waals surface area (Å²) in [6.07, 6.45) is 1.98. The summed E-state index contributed by atoms with van der Waals surface area (Å²) in [5.41, 5.74) is 1.79. The van der Waals surface area contributed by atoms with Crippen LogP contribution in [-0.4, -0.2) is 56.3 Å². The van der Waals surface area contributed by atoms with Crippen molar-refractivity contribution in [3.63, 3.8) is 0 Å². The van der Waals surface area contributed by atoms with E-state index in [0.717, 1.165) is 34.4 Å². The molecule has 0 spiro atoms. The maximum absolute atomic E-state index is 12.8. The molecule has 8 heteroatoms. The van der Waals surface area contributed by atoms with Gasteiger partial charge in [0, 0.05) is 32.0 Å². The number of carbonyl (C=O) groups excluding carboxylic acids is 1. The van der Waals surface area contributed by atoms with E-state index in [-0.39, 0.29) is 12.0 Å². The molecule has 2 heterocycles. The van der Waals surface area contributed by atoms with Crippen molar-refractivity contribution in [3.8, 4) is 22.4 Å². The molecule has 0 bridgehead atoms. The highest BCUT2D eigenvalue weighted by Crippen LogP contribution is 2.32. The molecule has 1 aliphatic rings. The van der Waals surface area contributed by atoms with Gasteiger partial charge in [0.15, 0.2) is 11.5 Å². The average molecular weight is 443 g/mol. The first-order valence-electron chi connectivity index (χ1n) is 10.2. The van der Waals surface area contributed by atoms with E-state index >= 15 is 0 Å². The largest absolute Gasteiger partial charge is 0.497 e. The first kappa shape index (κ1) is 21.2. The van der Waals surface area contributed by atoms with Crippen molar-refractivity contribution in [2.75, 3.05) is 34.4 Å². The summed E-state index contributed by atoms with van der Waals surface area (Å²) < 4.78 is 23.0. The Balaban J connectivity index is 1.31. The maximum atomic E-state index is 12.8. The minimum atomic E-state index is 0.0626. The molecule has 0 N–H and O–H groups in total. The summed E-state index contributed by atoms with van der Waals surface area (Å²) in [4.78, 5) is 19.2. The van der Waals surface area contributed by atoms with Crippen LogP contribution in [0.3, 0.4) is 0 Å². The van der Waals surface area contributed by atoms with Gasteiger partial charge in [0.2, 0.25) is 5.91 Å². The number of methoxy groups -OCH3 is 3. The molecular formula is C23H26N2O5S. The molecule has 0 unspecified atom stereocenters. The monoisotopic (exact) mass is 442 g/mol. The molecule has 1 fully saturated rings. The van der Waals surface area contributed by atoms with Crippen molar-refractivity contribution in [1.29, 1.82) is 0 Å². The minimum Gasteiger partial charge on any atom is -0.497 e. The van der Waals surface area contributed by atoms with Crippen LogP contribution in [0.1, 0.15) is 18.4 Å². The molecule has 0 radical (unpaired) electrons. The molecule has 164 valence electrons. The first-order valence-corrected chi connectivity index (χ1v) is 11.0. The van der Waals surface area contributed by atoms with E-state index in [1.54, 1.807) is 21.3 Å². The van der Waals surface area contributed by atoms with E-state index in [1.807, 2.05) is 41.3 Å². The van der Waals surface area contributed by atoms with Gasteiger partial charge in [-0.1, -0.05) is 17.4 Å². The fraction of sp³-hybridized carbons (Fsp3) is 0.391. The Morgan fingerprint density at radius 2 is 1.81 bits per heavy atom. The van der Waals surface area contributed by atoms with Crippen molar-refractivity contribution in [2.24, 2.45) is 0 Å². The Morgan fingerprint density at radius 3 is 2.52 bits per heavy atom. The summed E-state index contributed by atoms with van der Waals surface area (Å²) in [6.45, 7) is 1.35. The molecule has 0 aliphatic carbocycles. The number of fused-ring (bicyclic) bond motifs is 1. The summed E-state index contributed by atoms with van der Waals surface area (Å²) >= 11 is 1.53. The van der Waals surface area contributed by atoms with Gasteiger partial charge in [0.25, 0.3) is 5.19 Å². The maximum Gasteiger partial charge on any atom is 0.274 e. The second-order valence-corrected chi connectivity index (χ2v) is 8.37. The summed E-state index contributed by atoms with van der Waals surface area (Å²) in [7, 11) is 4.83. The zero-order valence-corrected chi connectivity index (χ0v) is 18.7. The Labute approximate surface area is 185 Å². The van der Waals surface area contributed by atoms with Crippen molar-refractivity contribution in [3.05, 3.63) is 42.0 Å². The molecule has 2 aromatic carbocycles. The average Bonchev–Trinajstić information content (AvgIpc) is 3.20. The fourth-order valence-electron chi connectivity index (χ4n) is 3.71. The number of hydrogen-bond donors (Lipinski definition) is 0. The van der Waals surface area contributed by atoms with Gasteiger partial charge in [-0.3, -0.25) is 4.79 Å². The normalized spacial score (nSPS) is 14.5. The highest BCUT2D eigenvalue weighted by Gasteiger charge is 2.25. The van der Waals surface area contributed by atoms with Crippen LogP contribution in [0, 0.1) is 0 Å². The molecule has 0 saturated carbocycles. The SMILES string of the molecule is COc1ccc2sc(OC3CCN(C(=O)Cc4ccc(OC)c(OC)c4)CC3)nc2c1. The van der Waals surface area contributed by atoms with E-state index < -0.39 is 0 Å². The van der Waals surface area contributed by atoms with Gasteiger partial charge in [-0.25, -0.2) is 4.98 Å². The lowest BCUT2D eigenvalue weighted by atomic mass is 10.1. The number of nitrogens with zero attached hydrogens (tertiary/aromatic N) is 2. The van der Waals surface area contributed by atoms with E-state index in [4.69, 9.17) is 18.9 Å². The first-order chi connectivity index (χ1) is 15.1. The van der Waals surface area contributed by atoms with Crippen molar-refractivity contribution in [2.45, 2.75) is 25.4 Å². The lowest BCUT2D eigenvalue weighted by Gasteiger charge is -2.31. The van der Waals surface area contributed by atoms with Crippen LogP contribution in [0.2, 0.25) is 0 Å². The second kappa shape index (κ2) is 9.43. The van der Waals surface area contributed by atoms with Gasteiger partial charge in [0.1, 0.15) is 11.9 Å². The smallest absolute Gasteiger partial charge is 0.274 e. The highest BCUT2D eigenvalue weighted by molar-refractivity contribution is 7.20. The number of hydrogen-bond acceptors (Lipinski definition) is 7. The standard InChI is InChI=1S/C23H26N2O5S/c1-27-17-5-7-21-18(14-17)24-23(31-21)30-16-8-10-25(11-9-16)22(26)13-15-4-6-19(28-2)20(12-15)29-3/h4-7,12,14,16H,8-11,13H2,1-3H3.